The highest BCUT2D eigenvalue weighted by Crippen LogP contribution is 2.32. The predicted molar refractivity (Wildman–Crippen MR) is 67.1 cm³/mol. The van der Waals surface area contributed by atoms with Crippen LogP contribution in [0.2, 0.25) is 0 Å². The third-order valence-electron chi connectivity index (χ3n) is 2.77. The second kappa shape index (κ2) is 5.16. The molecular formula is C14H13NO4. The zero-order chi connectivity index (χ0) is 13.1. The molecule has 0 fully saturated rings. The number of aliphatic hydroxyl groups is 1. The fourth-order valence-electron chi connectivity index (χ4n) is 1.81. The summed E-state index contributed by atoms with van der Waals surface area (Å²) in [4.78, 5) is 4.15. The van der Waals surface area contributed by atoms with E-state index in [-0.39, 0.29) is 13.4 Å². The summed E-state index contributed by atoms with van der Waals surface area (Å²) >= 11 is 0. The van der Waals surface area contributed by atoms with Crippen molar-refractivity contribution in [1.29, 1.82) is 0 Å². The van der Waals surface area contributed by atoms with Crippen molar-refractivity contribution in [1.82, 2.24) is 4.98 Å². The van der Waals surface area contributed by atoms with E-state index >= 15 is 0 Å². The Bertz CT molecular complexity index is 585. The maximum Gasteiger partial charge on any atom is 0.231 e. The molecule has 0 saturated heterocycles. The van der Waals surface area contributed by atoms with Crippen LogP contribution in [-0.2, 0) is 13.2 Å². The van der Waals surface area contributed by atoms with Gasteiger partial charge in [0.15, 0.2) is 11.5 Å². The Hall–Kier alpha value is -2.27. The Labute approximate surface area is 110 Å². The van der Waals surface area contributed by atoms with Crippen molar-refractivity contribution < 1.29 is 19.3 Å². The van der Waals surface area contributed by atoms with Gasteiger partial charge >= 0.3 is 0 Å². The molecule has 0 atom stereocenters. The molecule has 1 N–H and O–H groups in total. The molecule has 1 aliphatic heterocycles. The van der Waals surface area contributed by atoms with Crippen LogP contribution in [0.5, 0.6) is 17.4 Å². The standard InChI is InChI=1S/C14H13NO4/c16-7-11-2-1-3-14(15-11)17-8-10-4-5-12-13(6-10)19-9-18-12/h1-6,16H,7-9H2. The quantitative estimate of drug-likeness (QED) is 0.908. The summed E-state index contributed by atoms with van der Waals surface area (Å²) in [6, 6.07) is 11.0. The van der Waals surface area contributed by atoms with Gasteiger partial charge in [0, 0.05) is 6.07 Å². The van der Waals surface area contributed by atoms with Crippen LogP contribution in [0, 0.1) is 0 Å². The van der Waals surface area contributed by atoms with Crippen LogP contribution in [-0.4, -0.2) is 16.9 Å². The van der Waals surface area contributed by atoms with Crippen molar-refractivity contribution in [3.8, 4) is 17.4 Å². The smallest absolute Gasteiger partial charge is 0.231 e. The molecule has 2 heterocycles. The van der Waals surface area contributed by atoms with Crippen LogP contribution in [0.1, 0.15) is 11.3 Å². The molecule has 0 aliphatic carbocycles. The lowest BCUT2D eigenvalue weighted by Gasteiger charge is -2.07. The summed E-state index contributed by atoms with van der Waals surface area (Å²) in [5.74, 6) is 1.98. The van der Waals surface area contributed by atoms with Gasteiger partial charge < -0.3 is 19.3 Å². The SMILES string of the molecule is OCc1cccc(OCc2ccc3c(c2)OCO3)n1. The highest BCUT2D eigenvalue weighted by atomic mass is 16.7. The van der Waals surface area contributed by atoms with E-state index in [1.165, 1.54) is 0 Å². The first-order valence-electron chi connectivity index (χ1n) is 5.93. The fourth-order valence-corrected chi connectivity index (χ4v) is 1.81. The van der Waals surface area contributed by atoms with Gasteiger partial charge in [0.1, 0.15) is 6.61 Å². The molecule has 0 unspecified atom stereocenters. The molecule has 5 nitrogen and oxygen atoms in total. The first-order valence-corrected chi connectivity index (χ1v) is 5.93. The van der Waals surface area contributed by atoms with Crippen molar-refractivity contribution >= 4 is 0 Å². The number of aliphatic hydroxyl groups excluding tert-OH is 1. The Morgan fingerprint density at radius 3 is 2.95 bits per heavy atom. The Kier molecular flexibility index (Phi) is 3.20. The zero-order valence-corrected chi connectivity index (χ0v) is 10.2. The summed E-state index contributed by atoms with van der Waals surface area (Å²) in [6.45, 7) is 0.555. The molecule has 5 heteroatoms. The van der Waals surface area contributed by atoms with E-state index in [0.29, 0.717) is 18.2 Å². The predicted octanol–water partition coefficient (Wildman–Crippen LogP) is 1.88. The number of hydrogen-bond acceptors (Lipinski definition) is 5. The summed E-state index contributed by atoms with van der Waals surface area (Å²) in [5.41, 5.74) is 1.56. The van der Waals surface area contributed by atoms with Crippen LogP contribution < -0.4 is 14.2 Å². The molecular weight excluding hydrogens is 246 g/mol. The molecule has 1 aliphatic rings. The number of aromatic nitrogens is 1. The zero-order valence-electron chi connectivity index (χ0n) is 10.2. The third-order valence-corrected chi connectivity index (χ3v) is 2.77. The summed E-state index contributed by atoms with van der Waals surface area (Å²) in [5, 5.41) is 9.00. The molecule has 3 rings (SSSR count). The maximum absolute atomic E-state index is 9.00. The summed E-state index contributed by atoms with van der Waals surface area (Å²) < 4.78 is 16.1. The topological polar surface area (TPSA) is 60.8 Å². The van der Waals surface area contributed by atoms with Crippen molar-refractivity contribution in [2.45, 2.75) is 13.2 Å². The van der Waals surface area contributed by atoms with E-state index in [1.807, 2.05) is 18.2 Å². The van der Waals surface area contributed by atoms with Gasteiger partial charge in [-0.15, -0.1) is 0 Å². The van der Waals surface area contributed by atoms with Crippen molar-refractivity contribution in [3.63, 3.8) is 0 Å². The number of rotatable bonds is 4. The lowest BCUT2D eigenvalue weighted by molar-refractivity contribution is 0.174. The number of nitrogens with zero attached hydrogens (tertiary/aromatic N) is 1. The highest BCUT2D eigenvalue weighted by Gasteiger charge is 2.13. The average Bonchev–Trinajstić information content (AvgIpc) is 2.93. The minimum absolute atomic E-state index is 0.0960. The molecule has 0 bridgehead atoms. The van der Waals surface area contributed by atoms with Crippen molar-refractivity contribution in [2.24, 2.45) is 0 Å². The largest absolute Gasteiger partial charge is 0.473 e. The molecule has 19 heavy (non-hydrogen) atoms. The third kappa shape index (κ3) is 2.61. The minimum Gasteiger partial charge on any atom is -0.473 e. The summed E-state index contributed by atoms with van der Waals surface area (Å²) in [7, 11) is 0. The average molecular weight is 259 g/mol. The molecule has 0 radical (unpaired) electrons. The monoisotopic (exact) mass is 259 g/mol. The highest BCUT2D eigenvalue weighted by molar-refractivity contribution is 5.44. The molecule has 2 aromatic rings. The molecule has 0 saturated carbocycles. The molecule has 1 aromatic heterocycles. The van der Waals surface area contributed by atoms with E-state index in [9.17, 15) is 0 Å². The van der Waals surface area contributed by atoms with Crippen LogP contribution in [0.3, 0.4) is 0 Å². The van der Waals surface area contributed by atoms with Crippen LogP contribution in [0.25, 0.3) is 0 Å². The van der Waals surface area contributed by atoms with Crippen LogP contribution >= 0.6 is 0 Å². The fraction of sp³-hybridized carbons (Fsp3) is 0.214. The number of hydrogen-bond donors (Lipinski definition) is 1. The number of fused-ring (bicyclic) bond motifs is 1. The van der Waals surface area contributed by atoms with E-state index < -0.39 is 0 Å². The van der Waals surface area contributed by atoms with Gasteiger partial charge in [0.2, 0.25) is 12.7 Å². The number of ether oxygens (including phenoxy) is 3. The van der Waals surface area contributed by atoms with Gasteiger partial charge in [0.25, 0.3) is 0 Å². The Morgan fingerprint density at radius 1 is 1.16 bits per heavy atom. The van der Waals surface area contributed by atoms with Crippen molar-refractivity contribution in [2.75, 3.05) is 6.79 Å². The van der Waals surface area contributed by atoms with E-state index in [4.69, 9.17) is 19.3 Å². The minimum atomic E-state index is -0.0960. The normalized spacial score (nSPS) is 12.5. The maximum atomic E-state index is 9.00. The van der Waals surface area contributed by atoms with Gasteiger partial charge in [-0.25, -0.2) is 4.98 Å². The lowest BCUT2D eigenvalue weighted by Crippen LogP contribution is -1.99. The molecule has 98 valence electrons. The molecule has 1 aromatic carbocycles. The first-order chi connectivity index (χ1) is 9.35. The number of pyridine rings is 1. The second-order valence-corrected chi connectivity index (χ2v) is 4.10. The van der Waals surface area contributed by atoms with Gasteiger partial charge in [-0.3, -0.25) is 0 Å². The Morgan fingerprint density at radius 2 is 2.05 bits per heavy atom. The lowest BCUT2D eigenvalue weighted by atomic mass is 10.2. The summed E-state index contributed by atoms with van der Waals surface area (Å²) in [6.07, 6.45) is 0. The molecule has 0 spiro atoms. The van der Waals surface area contributed by atoms with Crippen LogP contribution in [0.15, 0.2) is 36.4 Å². The Balaban J connectivity index is 1.68. The van der Waals surface area contributed by atoms with E-state index in [0.717, 1.165) is 17.1 Å². The van der Waals surface area contributed by atoms with Gasteiger partial charge in [-0.1, -0.05) is 12.1 Å². The van der Waals surface area contributed by atoms with Crippen molar-refractivity contribution in [3.05, 3.63) is 47.7 Å². The van der Waals surface area contributed by atoms with E-state index in [1.54, 1.807) is 18.2 Å². The van der Waals surface area contributed by atoms with E-state index in [2.05, 4.69) is 4.98 Å². The molecule has 0 amide bonds. The van der Waals surface area contributed by atoms with Gasteiger partial charge in [-0.05, 0) is 23.8 Å². The van der Waals surface area contributed by atoms with Gasteiger partial charge in [-0.2, -0.15) is 0 Å². The van der Waals surface area contributed by atoms with Gasteiger partial charge in [0.05, 0.1) is 12.3 Å². The second-order valence-electron chi connectivity index (χ2n) is 4.10. The number of benzene rings is 1. The van der Waals surface area contributed by atoms with Crippen LogP contribution in [0.4, 0.5) is 0 Å². The first kappa shape index (κ1) is 11.8.